The van der Waals surface area contributed by atoms with E-state index in [0.717, 1.165) is 41.5 Å². The van der Waals surface area contributed by atoms with Crippen LogP contribution in [0.1, 0.15) is 21.9 Å². The Balaban J connectivity index is 1.18. The summed E-state index contributed by atoms with van der Waals surface area (Å²) < 4.78 is 18.2. The summed E-state index contributed by atoms with van der Waals surface area (Å²) in [4.78, 5) is 26.2. The lowest BCUT2D eigenvalue weighted by molar-refractivity contribution is 0.0627. The molecule has 2 aromatic heterocycles. The summed E-state index contributed by atoms with van der Waals surface area (Å²) in [5.74, 6) is 0.724. The summed E-state index contributed by atoms with van der Waals surface area (Å²) in [6.07, 6.45) is 0. The van der Waals surface area contributed by atoms with Crippen LogP contribution in [0.15, 0.2) is 58.4 Å². The van der Waals surface area contributed by atoms with Gasteiger partial charge in [0.2, 0.25) is 11.7 Å². The third kappa shape index (κ3) is 4.84. The monoisotopic (exact) mass is 463 g/mol. The summed E-state index contributed by atoms with van der Waals surface area (Å²) in [6, 6.07) is 13.7. The van der Waals surface area contributed by atoms with Gasteiger partial charge >= 0.3 is 0 Å². The van der Waals surface area contributed by atoms with Gasteiger partial charge in [-0.3, -0.25) is 9.69 Å². The number of halogens is 1. The second kappa shape index (κ2) is 9.21. The molecule has 33 heavy (non-hydrogen) atoms. The zero-order valence-electron chi connectivity index (χ0n) is 18.1. The van der Waals surface area contributed by atoms with E-state index in [-0.39, 0.29) is 11.7 Å². The van der Waals surface area contributed by atoms with E-state index in [2.05, 4.69) is 15.0 Å². The number of nitrogens with zero attached hydrogens (tertiary/aromatic N) is 5. The van der Waals surface area contributed by atoms with Gasteiger partial charge in [-0.05, 0) is 36.4 Å². The topological polar surface area (TPSA) is 75.4 Å². The number of carbonyl (C=O) groups excluding carboxylic acids is 1. The van der Waals surface area contributed by atoms with Crippen molar-refractivity contribution in [2.45, 2.75) is 13.5 Å². The van der Waals surface area contributed by atoms with Crippen LogP contribution < -0.4 is 0 Å². The molecule has 3 heterocycles. The number of thiazole rings is 1. The van der Waals surface area contributed by atoms with Gasteiger partial charge in [0, 0.05) is 61.7 Å². The normalized spacial score (nSPS) is 14.5. The summed E-state index contributed by atoms with van der Waals surface area (Å²) in [5.41, 5.74) is 3.28. The number of rotatable bonds is 5. The van der Waals surface area contributed by atoms with E-state index in [1.807, 2.05) is 34.5 Å². The van der Waals surface area contributed by atoms with Gasteiger partial charge < -0.3 is 9.42 Å². The fourth-order valence-corrected chi connectivity index (χ4v) is 4.65. The predicted molar refractivity (Wildman–Crippen MR) is 123 cm³/mol. The van der Waals surface area contributed by atoms with E-state index in [1.54, 1.807) is 30.4 Å². The number of carbonyl (C=O) groups is 1. The third-order valence-electron chi connectivity index (χ3n) is 5.58. The van der Waals surface area contributed by atoms with Crippen LogP contribution in [0.2, 0.25) is 0 Å². The number of aryl methyl sites for hydroxylation is 1. The van der Waals surface area contributed by atoms with Crippen molar-refractivity contribution >= 4 is 17.2 Å². The second-order valence-electron chi connectivity index (χ2n) is 7.94. The molecule has 0 unspecified atom stereocenters. The zero-order valence-corrected chi connectivity index (χ0v) is 18.9. The Morgan fingerprint density at radius 1 is 1.06 bits per heavy atom. The van der Waals surface area contributed by atoms with E-state index >= 15 is 0 Å². The highest BCUT2D eigenvalue weighted by molar-refractivity contribution is 7.13. The molecule has 5 rings (SSSR count). The lowest BCUT2D eigenvalue weighted by atomic mass is 10.1. The van der Waals surface area contributed by atoms with Crippen molar-refractivity contribution in [1.82, 2.24) is 24.9 Å². The average Bonchev–Trinajstić information content (AvgIpc) is 3.49. The van der Waals surface area contributed by atoms with Gasteiger partial charge in [-0.2, -0.15) is 4.98 Å². The minimum atomic E-state index is -0.250. The molecule has 1 amide bonds. The van der Waals surface area contributed by atoms with Gasteiger partial charge in [0.15, 0.2) is 0 Å². The van der Waals surface area contributed by atoms with Crippen molar-refractivity contribution in [2.75, 3.05) is 26.2 Å². The summed E-state index contributed by atoms with van der Waals surface area (Å²) in [7, 11) is 0. The van der Waals surface area contributed by atoms with Crippen molar-refractivity contribution in [1.29, 1.82) is 0 Å². The molecule has 0 bridgehead atoms. The molecule has 1 aliphatic heterocycles. The number of piperazine rings is 1. The molecule has 168 valence electrons. The largest absolute Gasteiger partial charge is 0.339 e. The third-order valence-corrected chi connectivity index (χ3v) is 6.52. The number of hydrogen-bond acceptors (Lipinski definition) is 7. The van der Waals surface area contributed by atoms with Crippen molar-refractivity contribution in [3.8, 4) is 22.0 Å². The van der Waals surface area contributed by atoms with Crippen LogP contribution in [0.25, 0.3) is 22.0 Å². The lowest BCUT2D eigenvalue weighted by Gasteiger charge is -2.34. The number of benzene rings is 2. The highest BCUT2D eigenvalue weighted by atomic mass is 32.1. The maximum absolute atomic E-state index is 13.2. The van der Waals surface area contributed by atoms with Crippen LogP contribution in [0.5, 0.6) is 0 Å². The Morgan fingerprint density at radius 3 is 2.58 bits per heavy atom. The first-order valence-corrected chi connectivity index (χ1v) is 11.6. The molecule has 0 spiro atoms. The van der Waals surface area contributed by atoms with Crippen LogP contribution in [0.4, 0.5) is 4.39 Å². The van der Waals surface area contributed by atoms with E-state index in [0.29, 0.717) is 30.4 Å². The Hall–Kier alpha value is -3.43. The van der Waals surface area contributed by atoms with Crippen molar-refractivity contribution in [3.05, 3.63) is 76.9 Å². The summed E-state index contributed by atoms with van der Waals surface area (Å²) in [5, 5.41) is 6.86. The van der Waals surface area contributed by atoms with Crippen LogP contribution >= 0.6 is 11.3 Å². The van der Waals surface area contributed by atoms with Gasteiger partial charge in [-0.25, -0.2) is 9.37 Å². The SMILES string of the molecule is Cc1nc(-c2cccc(C(=O)N3CCN(Cc4csc(-c5ccc(F)cc5)n4)CC3)c2)no1. The van der Waals surface area contributed by atoms with E-state index in [9.17, 15) is 9.18 Å². The molecule has 0 aliphatic carbocycles. The fourth-order valence-electron chi connectivity index (χ4n) is 3.83. The number of amides is 1. The Kier molecular flexibility index (Phi) is 5.97. The highest BCUT2D eigenvalue weighted by Gasteiger charge is 2.23. The minimum absolute atomic E-state index is 0.00368. The first kappa shape index (κ1) is 21.4. The van der Waals surface area contributed by atoms with Gasteiger partial charge in [0.25, 0.3) is 5.91 Å². The van der Waals surface area contributed by atoms with E-state index in [1.165, 1.54) is 12.1 Å². The first-order chi connectivity index (χ1) is 16.0. The maximum Gasteiger partial charge on any atom is 0.253 e. The Bertz CT molecular complexity index is 1260. The molecule has 1 aliphatic rings. The summed E-state index contributed by atoms with van der Waals surface area (Å²) >= 11 is 1.56. The Labute approximate surface area is 194 Å². The predicted octanol–water partition coefficient (Wildman–Crippen LogP) is 4.27. The van der Waals surface area contributed by atoms with Gasteiger partial charge in [-0.15, -0.1) is 11.3 Å². The Morgan fingerprint density at radius 2 is 1.85 bits per heavy atom. The number of aromatic nitrogens is 3. The van der Waals surface area contributed by atoms with E-state index < -0.39 is 0 Å². The van der Waals surface area contributed by atoms with E-state index in [4.69, 9.17) is 9.51 Å². The fraction of sp³-hybridized carbons (Fsp3) is 0.250. The highest BCUT2D eigenvalue weighted by Crippen LogP contribution is 2.25. The molecule has 9 heteroatoms. The van der Waals surface area contributed by atoms with Crippen molar-refractivity contribution in [2.24, 2.45) is 0 Å². The van der Waals surface area contributed by atoms with Crippen molar-refractivity contribution in [3.63, 3.8) is 0 Å². The van der Waals surface area contributed by atoms with Crippen LogP contribution in [-0.4, -0.2) is 57.0 Å². The van der Waals surface area contributed by atoms with Crippen LogP contribution in [0, 0.1) is 12.7 Å². The molecule has 1 saturated heterocycles. The smallest absolute Gasteiger partial charge is 0.253 e. The van der Waals surface area contributed by atoms with Crippen molar-refractivity contribution < 1.29 is 13.7 Å². The van der Waals surface area contributed by atoms with Crippen LogP contribution in [0.3, 0.4) is 0 Å². The standard InChI is InChI=1S/C24H22FN5O2S/c1-16-26-22(28-32-16)18-3-2-4-19(13-18)24(31)30-11-9-29(10-12-30)14-21-15-33-23(27-21)17-5-7-20(25)8-6-17/h2-8,13,15H,9-12,14H2,1H3. The molecule has 2 aromatic carbocycles. The first-order valence-electron chi connectivity index (χ1n) is 10.7. The molecule has 7 nitrogen and oxygen atoms in total. The molecule has 4 aromatic rings. The molecule has 0 N–H and O–H groups in total. The average molecular weight is 464 g/mol. The van der Waals surface area contributed by atoms with Gasteiger partial charge in [-0.1, -0.05) is 17.3 Å². The zero-order chi connectivity index (χ0) is 22.8. The molecule has 0 radical (unpaired) electrons. The maximum atomic E-state index is 13.2. The second-order valence-corrected chi connectivity index (χ2v) is 8.80. The molecular weight excluding hydrogens is 441 g/mol. The molecular formula is C24H22FN5O2S. The van der Waals surface area contributed by atoms with Gasteiger partial charge in [0.1, 0.15) is 10.8 Å². The number of hydrogen-bond donors (Lipinski definition) is 0. The minimum Gasteiger partial charge on any atom is -0.339 e. The summed E-state index contributed by atoms with van der Waals surface area (Å²) in [6.45, 7) is 5.32. The quantitative estimate of drug-likeness (QED) is 0.440. The molecule has 0 saturated carbocycles. The molecule has 0 atom stereocenters. The van der Waals surface area contributed by atoms with Gasteiger partial charge in [0.05, 0.1) is 5.69 Å². The lowest BCUT2D eigenvalue weighted by Crippen LogP contribution is -2.48. The van der Waals surface area contributed by atoms with Crippen LogP contribution in [-0.2, 0) is 6.54 Å². The molecule has 1 fully saturated rings.